The summed E-state index contributed by atoms with van der Waals surface area (Å²) in [7, 11) is 2.04. The van der Waals surface area contributed by atoms with Gasteiger partial charge in [0.15, 0.2) is 0 Å². The molecule has 0 atom stereocenters. The number of rotatable bonds is 5. The largest absolute Gasteiger partial charge is 0.314 e. The average Bonchev–Trinajstić information content (AvgIpc) is 3.23. The van der Waals surface area contributed by atoms with Gasteiger partial charge in [-0.2, -0.15) is 5.10 Å². The zero-order valence-electron chi connectivity index (χ0n) is 13.6. The molecule has 4 nitrogen and oxygen atoms in total. The third kappa shape index (κ3) is 4.21. The predicted molar refractivity (Wildman–Crippen MR) is 89.0 cm³/mol. The number of hydrogen-bond acceptors (Lipinski definition) is 3. The van der Waals surface area contributed by atoms with Crippen LogP contribution in [0.25, 0.3) is 0 Å². The van der Waals surface area contributed by atoms with Crippen molar-refractivity contribution < 1.29 is 0 Å². The smallest absolute Gasteiger partial charge is 0.0641 e. The molecule has 1 aliphatic heterocycles. The van der Waals surface area contributed by atoms with Crippen LogP contribution in [-0.4, -0.2) is 40.4 Å². The Morgan fingerprint density at radius 1 is 1.14 bits per heavy atom. The first kappa shape index (κ1) is 16.8. The normalized spacial score (nSPS) is 20.5. The number of aromatic nitrogens is 2. The Labute approximate surface area is 134 Å². The highest BCUT2D eigenvalue weighted by atomic mass is 35.5. The summed E-state index contributed by atoms with van der Waals surface area (Å²) >= 11 is 0. The van der Waals surface area contributed by atoms with Crippen molar-refractivity contribution in [1.29, 1.82) is 0 Å². The number of hydrogen-bond donors (Lipinski definition) is 1. The maximum Gasteiger partial charge on any atom is 0.0641 e. The lowest BCUT2D eigenvalue weighted by Crippen LogP contribution is -2.42. The van der Waals surface area contributed by atoms with Crippen LogP contribution in [0.3, 0.4) is 0 Å². The van der Waals surface area contributed by atoms with Crippen LogP contribution in [0.5, 0.6) is 0 Å². The molecule has 1 aliphatic carbocycles. The van der Waals surface area contributed by atoms with Crippen LogP contribution >= 0.6 is 12.4 Å². The average molecular weight is 313 g/mol. The minimum absolute atomic E-state index is 0. The zero-order chi connectivity index (χ0) is 14.1. The summed E-state index contributed by atoms with van der Waals surface area (Å²) in [5, 5.41) is 8.28. The van der Waals surface area contributed by atoms with Crippen molar-refractivity contribution in [3.05, 3.63) is 17.0 Å². The molecule has 1 aromatic rings. The Bertz CT molecular complexity index is 459. The molecule has 0 spiro atoms. The molecule has 3 rings (SSSR count). The van der Waals surface area contributed by atoms with Crippen molar-refractivity contribution in [2.45, 2.75) is 52.1 Å². The maximum atomic E-state index is 4.52. The minimum Gasteiger partial charge on any atom is -0.314 e. The fourth-order valence-electron chi connectivity index (χ4n) is 3.22. The summed E-state index contributed by atoms with van der Waals surface area (Å²) in [6.45, 7) is 9.07. The van der Waals surface area contributed by atoms with Gasteiger partial charge in [0.2, 0.25) is 0 Å². The van der Waals surface area contributed by atoms with E-state index >= 15 is 0 Å². The van der Waals surface area contributed by atoms with Crippen molar-refractivity contribution in [3.8, 4) is 0 Å². The van der Waals surface area contributed by atoms with E-state index in [1.54, 1.807) is 0 Å². The van der Waals surface area contributed by atoms with Crippen molar-refractivity contribution in [2.75, 3.05) is 19.6 Å². The molecule has 120 valence electrons. The second kappa shape index (κ2) is 7.12. The topological polar surface area (TPSA) is 33.1 Å². The molecular weight excluding hydrogens is 284 g/mol. The van der Waals surface area contributed by atoms with Crippen LogP contribution in [0.4, 0.5) is 0 Å². The summed E-state index contributed by atoms with van der Waals surface area (Å²) in [6.07, 6.45) is 5.49. The van der Waals surface area contributed by atoms with Gasteiger partial charge in [0.25, 0.3) is 0 Å². The first-order valence-corrected chi connectivity index (χ1v) is 8.08. The van der Waals surface area contributed by atoms with Gasteiger partial charge in [-0.15, -0.1) is 12.4 Å². The zero-order valence-corrected chi connectivity index (χ0v) is 14.4. The van der Waals surface area contributed by atoms with Gasteiger partial charge in [0, 0.05) is 30.9 Å². The number of aryl methyl sites for hydroxylation is 2. The summed E-state index contributed by atoms with van der Waals surface area (Å²) in [5.74, 6) is 0.994. The fraction of sp³-hybridized carbons (Fsp3) is 0.812. The van der Waals surface area contributed by atoms with Gasteiger partial charge < -0.3 is 5.32 Å². The standard InChI is InChI=1S/C16H28N4.ClH/c1-12-16(13(2)19(3)18-12)11-20-8-6-15(7-9-20)17-10-14-4-5-14;/h14-15,17H,4-11H2,1-3H3;1H. The SMILES string of the molecule is Cc1nn(C)c(C)c1CN1CCC(NCC2CC2)CC1.Cl. The van der Waals surface area contributed by atoms with Gasteiger partial charge in [-0.05, 0) is 65.1 Å². The van der Waals surface area contributed by atoms with E-state index in [4.69, 9.17) is 0 Å². The quantitative estimate of drug-likeness (QED) is 0.906. The lowest BCUT2D eigenvalue weighted by atomic mass is 10.0. The second-order valence-electron chi connectivity index (χ2n) is 6.68. The minimum atomic E-state index is 0. The molecule has 0 aromatic carbocycles. The molecule has 1 aromatic heterocycles. The van der Waals surface area contributed by atoms with Crippen LogP contribution in [0.1, 0.15) is 42.6 Å². The van der Waals surface area contributed by atoms with Crippen molar-refractivity contribution in [2.24, 2.45) is 13.0 Å². The molecule has 1 saturated carbocycles. The van der Waals surface area contributed by atoms with E-state index in [2.05, 4.69) is 29.2 Å². The Kier molecular flexibility index (Phi) is 5.69. The molecule has 21 heavy (non-hydrogen) atoms. The summed E-state index contributed by atoms with van der Waals surface area (Å²) in [5.41, 5.74) is 3.94. The van der Waals surface area contributed by atoms with Crippen LogP contribution in [-0.2, 0) is 13.6 Å². The van der Waals surface area contributed by atoms with Gasteiger partial charge in [-0.25, -0.2) is 0 Å². The Morgan fingerprint density at radius 3 is 2.33 bits per heavy atom. The van der Waals surface area contributed by atoms with Crippen molar-refractivity contribution in [1.82, 2.24) is 20.0 Å². The molecule has 2 fully saturated rings. The molecule has 0 radical (unpaired) electrons. The number of nitrogens with one attached hydrogen (secondary N) is 1. The van der Waals surface area contributed by atoms with Gasteiger partial charge >= 0.3 is 0 Å². The van der Waals surface area contributed by atoms with Gasteiger partial charge in [0.05, 0.1) is 5.69 Å². The highest BCUT2D eigenvalue weighted by Crippen LogP contribution is 2.28. The number of piperidine rings is 1. The lowest BCUT2D eigenvalue weighted by molar-refractivity contribution is 0.189. The van der Waals surface area contributed by atoms with Gasteiger partial charge in [0.1, 0.15) is 0 Å². The Balaban J connectivity index is 0.00000161. The third-order valence-electron chi connectivity index (χ3n) is 5.02. The summed E-state index contributed by atoms with van der Waals surface area (Å²) in [4.78, 5) is 2.59. The molecule has 2 aliphatic rings. The van der Waals surface area contributed by atoms with Crippen LogP contribution in [0, 0.1) is 19.8 Å². The first-order valence-electron chi connectivity index (χ1n) is 8.08. The van der Waals surface area contributed by atoms with E-state index in [1.807, 2.05) is 11.7 Å². The molecule has 1 N–H and O–H groups in total. The van der Waals surface area contributed by atoms with E-state index in [-0.39, 0.29) is 12.4 Å². The fourth-order valence-corrected chi connectivity index (χ4v) is 3.22. The van der Waals surface area contributed by atoms with E-state index in [9.17, 15) is 0 Å². The molecule has 0 amide bonds. The molecule has 0 unspecified atom stereocenters. The van der Waals surface area contributed by atoms with E-state index < -0.39 is 0 Å². The summed E-state index contributed by atoms with van der Waals surface area (Å²) in [6, 6.07) is 0.753. The number of nitrogens with zero attached hydrogens (tertiary/aromatic N) is 3. The predicted octanol–water partition coefficient (Wildman–Crippen LogP) is 2.42. The number of halogens is 1. The number of likely N-dealkylation sites (tertiary alicyclic amines) is 1. The van der Waals surface area contributed by atoms with Gasteiger partial charge in [-0.3, -0.25) is 9.58 Å². The molecule has 5 heteroatoms. The monoisotopic (exact) mass is 312 g/mol. The summed E-state index contributed by atoms with van der Waals surface area (Å²) < 4.78 is 2.01. The highest BCUT2D eigenvalue weighted by molar-refractivity contribution is 5.85. The van der Waals surface area contributed by atoms with E-state index in [1.165, 1.54) is 62.3 Å². The van der Waals surface area contributed by atoms with Crippen molar-refractivity contribution in [3.63, 3.8) is 0 Å². The van der Waals surface area contributed by atoms with Crippen LogP contribution < -0.4 is 5.32 Å². The lowest BCUT2D eigenvalue weighted by Gasteiger charge is -2.32. The Hall–Kier alpha value is -0.580. The van der Waals surface area contributed by atoms with Crippen molar-refractivity contribution >= 4 is 12.4 Å². The highest BCUT2D eigenvalue weighted by Gasteiger charge is 2.25. The maximum absolute atomic E-state index is 4.52. The molecule has 2 heterocycles. The van der Waals surface area contributed by atoms with E-state index in [0.717, 1.165) is 18.5 Å². The third-order valence-corrected chi connectivity index (χ3v) is 5.02. The molecule has 0 bridgehead atoms. The molecular formula is C16H29ClN4. The van der Waals surface area contributed by atoms with E-state index in [0.29, 0.717) is 0 Å². The molecule has 1 saturated heterocycles. The first-order chi connectivity index (χ1) is 9.63. The second-order valence-corrected chi connectivity index (χ2v) is 6.68. The van der Waals surface area contributed by atoms with Gasteiger partial charge in [-0.1, -0.05) is 0 Å². The Morgan fingerprint density at radius 2 is 1.81 bits per heavy atom. The van der Waals surface area contributed by atoms with Crippen LogP contribution in [0.2, 0.25) is 0 Å². The van der Waals surface area contributed by atoms with Crippen LogP contribution in [0.15, 0.2) is 0 Å².